The van der Waals surface area contributed by atoms with E-state index < -0.39 is 5.97 Å². The second-order valence-electron chi connectivity index (χ2n) is 5.90. The number of esters is 1. The summed E-state index contributed by atoms with van der Waals surface area (Å²) in [5.74, 6) is -0.412. The molecule has 0 bridgehead atoms. The number of aromatic nitrogens is 1. The third kappa shape index (κ3) is 3.48. The van der Waals surface area contributed by atoms with Crippen molar-refractivity contribution in [1.82, 2.24) is 10.3 Å². The van der Waals surface area contributed by atoms with E-state index in [4.69, 9.17) is 0 Å². The molecule has 20 heavy (non-hydrogen) atoms. The van der Waals surface area contributed by atoms with Crippen LogP contribution in [0.1, 0.15) is 37.2 Å². The van der Waals surface area contributed by atoms with Crippen LogP contribution in [0.3, 0.4) is 0 Å². The van der Waals surface area contributed by atoms with Gasteiger partial charge < -0.3 is 15.4 Å². The van der Waals surface area contributed by atoms with E-state index in [2.05, 4.69) is 34.2 Å². The van der Waals surface area contributed by atoms with Crippen LogP contribution in [-0.2, 0) is 4.74 Å². The number of carbonyl (C=O) groups is 1. The number of anilines is 1. The lowest BCUT2D eigenvalue weighted by molar-refractivity contribution is 0.0594. The third-order valence-corrected chi connectivity index (χ3v) is 4.00. The number of carbonyl (C=O) groups excluding carboxylic acids is 1. The van der Waals surface area contributed by atoms with Crippen molar-refractivity contribution in [2.24, 2.45) is 5.41 Å². The molecular formula is C15H23N3O2. The first-order chi connectivity index (χ1) is 9.53. The Morgan fingerprint density at radius 1 is 1.60 bits per heavy atom. The molecule has 2 rings (SSSR count). The number of ether oxygens (including phenoxy) is 1. The van der Waals surface area contributed by atoms with Crippen LogP contribution in [-0.4, -0.2) is 37.2 Å². The van der Waals surface area contributed by atoms with Gasteiger partial charge in [0.15, 0.2) is 0 Å². The molecule has 0 radical (unpaired) electrons. The Morgan fingerprint density at radius 3 is 3.10 bits per heavy atom. The lowest BCUT2D eigenvalue weighted by Gasteiger charge is -2.39. The minimum atomic E-state index is -0.412. The second-order valence-corrected chi connectivity index (χ2v) is 5.90. The van der Waals surface area contributed by atoms with Crippen molar-refractivity contribution < 1.29 is 9.53 Å². The minimum Gasteiger partial charge on any atom is -0.464 e. The number of nitrogens with one attached hydrogen (secondary N) is 2. The fourth-order valence-corrected chi connectivity index (χ4v) is 2.60. The summed E-state index contributed by atoms with van der Waals surface area (Å²) in [6.07, 6.45) is 4.08. The van der Waals surface area contributed by atoms with Crippen LogP contribution in [0.5, 0.6) is 0 Å². The fourth-order valence-electron chi connectivity index (χ4n) is 2.60. The molecule has 1 aromatic rings. The van der Waals surface area contributed by atoms with E-state index in [0.717, 1.165) is 18.8 Å². The Balaban J connectivity index is 1.98. The van der Waals surface area contributed by atoms with Gasteiger partial charge >= 0.3 is 5.97 Å². The SMILES string of the molecule is COC(=O)c1cc(NCC2NCCCC2(C)C)ccn1. The molecular weight excluding hydrogens is 254 g/mol. The van der Waals surface area contributed by atoms with Gasteiger partial charge in [-0.25, -0.2) is 9.78 Å². The van der Waals surface area contributed by atoms with Crippen molar-refractivity contribution in [3.63, 3.8) is 0 Å². The Bertz CT molecular complexity index is 474. The molecule has 1 aromatic heterocycles. The van der Waals surface area contributed by atoms with E-state index >= 15 is 0 Å². The van der Waals surface area contributed by atoms with Gasteiger partial charge in [-0.1, -0.05) is 13.8 Å². The van der Waals surface area contributed by atoms with E-state index in [1.807, 2.05) is 6.07 Å². The second kappa shape index (κ2) is 6.22. The van der Waals surface area contributed by atoms with Gasteiger partial charge in [0.2, 0.25) is 0 Å². The van der Waals surface area contributed by atoms with Crippen molar-refractivity contribution in [1.29, 1.82) is 0 Å². The van der Waals surface area contributed by atoms with E-state index in [9.17, 15) is 4.79 Å². The van der Waals surface area contributed by atoms with Crippen molar-refractivity contribution in [2.75, 3.05) is 25.5 Å². The first-order valence-corrected chi connectivity index (χ1v) is 7.04. The first-order valence-electron chi connectivity index (χ1n) is 7.04. The van der Waals surface area contributed by atoms with Crippen molar-refractivity contribution >= 4 is 11.7 Å². The summed E-state index contributed by atoms with van der Waals surface area (Å²) in [6.45, 7) is 6.48. The normalized spacial score (nSPS) is 21.2. The molecule has 0 aromatic carbocycles. The summed E-state index contributed by atoms with van der Waals surface area (Å²) in [4.78, 5) is 15.5. The van der Waals surface area contributed by atoms with Gasteiger partial charge in [0.1, 0.15) is 5.69 Å². The molecule has 0 spiro atoms. The van der Waals surface area contributed by atoms with Gasteiger partial charge in [0.05, 0.1) is 7.11 Å². The van der Waals surface area contributed by atoms with E-state index in [-0.39, 0.29) is 5.41 Å². The minimum absolute atomic E-state index is 0.281. The highest BCUT2D eigenvalue weighted by atomic mass is 16.5. The van der Waals surface area contributed by atoms with E-state index in [0.29, 0.717) is 11.7 Å². The number of piperidine rings is 1. The number of hydrogen-bond donors (Lipinski definition) is 2. The predicted octanol–water partition coefficient (Wildman–Crippen LogP) is 2.06. The van der Waals surface area contributed by atoms with E-state index in [1.54, 1.807) is 12.3 Å². The number of hydrogen-bond acceptors (Lipinski definition) is 5. The number of pyridine rings is 1. The zero-order valence-corrected chi connectivity index (χ0v) is 12.4. The smallest absolute Gasteiger partial charge is 0.356 e. The lowest BCUT2D eigenvalue weighted by Crippen LogP contribution is -2.50. The molecule has 5 nitrogen and oxygen atoms in total. The summed E-state index contributed by atoms with van der Waals surface area (Å²) in [7, 11) is 1.36. The highest BCUT2D eigenvalue weighted by Gasteiger charge is 2.31. The number of rotatable bonds is 4. The van der Waals surface area contributed by atoms with Gasteiger partial charge in [-0.05, 0) is 36.9 Å². The van der Waals surface area contributed by atoms with Crippen molar-refractivity contribution in [2.45, 2.75) is 32.7 Å². The molecule has 1 aliphatic rings. The van der Waals surface area contributed by atoms with Crippen molar-refractivity contribution in [3.8, 4) is 0 Å². The molecule has 0 amide bonds. The largest absolute Gasteiger partial charge is 0.464 e. The quantitative estimate of drug-likeness (QED) is 0.825. The first kappa shape index (κ1) is 14.8. The standard InChI is InChI=1S/C15H23N3O2/c1-15(2)6-4-7-17-13(15)10-18-11-5-8-16-12(9-11)14(19)20-3/h5,8-9,13,17H,4,6-7,10H2,1-3H3,(H,16,18). The van der Waals surface area contributed by atoms with Crippen LogP contribution in [0.4, 0.5) is 5.69 Å². The summed E-state index contributed by atoms with van der Waals surface area (Å²) >= 11 is 0. The molecule has 1 saturated heterocycles. The van der Waals surface area contributed by atoms with E-state index in [1.165, 1.54) is 20.0 Å². The summed E-state index contributed by atoms with van der Waals surface area (Å²) in [5.41, 5.74) is 1.50. The van der Waals surface area contributed by atoms with Gasteiger partial charge in [-0.2, -0.15) is 0 Å². The zero-order chi connectivity index (χ0) is 14.6. The average molecular weight is 277 g/mol. The predicted molar refractivity (Wildman–Crippen MR) is 78.9 cm³/mol. The van der Waals surface area contributed by atoms with Crippen LogP contribution in [0.25, 0.3) is 0 Å². The van der Waals surface area contributed by atoms with Gasteiger partial charge in [-0.15, -0.1) is 0 Å². The fraction of sp³-hybridized carbons (Fsp3) is 0.600. The van der Waals surface area contributed by atoms with Crippen molar-refractivity contribution in [3.05, 3.63) is 24.0 Å². The van der Waals surface area contributed by atoms with Gasteiger partial charge in [-0.3, -0.25) is 0 Å². The molecule has 1 unspecified atom stereocenters. The maximum absolute atomic E-state index is 11.4. The average Bonchev–Trinajstić information content (AvgIpc) is 2.45. The van der Waals surface area contributed by atoms with Crippen LogP contribution < -0.4 is 10.6 Å². The van der Waals surface area contributed by atoms with Crippen LogP contribution >= 0.6 is 0 Å². The van der Waals surface area contributed by atoms with Crippen LogP contribution in [0, 0.1) is 5.41 Å². The molecule has 2 heterocycles. The molecule has 1 atom stereocenters. The highest BCUT2D eigenvalue weighted by molar-refractivity contribution is 5.88. The molecule has 0 saturated carbocycles. The molecule has 1 aliphatic heterocycles. The maximum atomic E-state index is 11.4. The maximum Gasteiger partial charge on any atom is 0.356 e. The number of methoxy groups -OCH3 is 1. The molecule has 2 N–H and O–H groups in total. The Kier molecular flexibility index (Phi) is 4.60. The van der Waals surface area contributed by atoms with Crippen LogP contribution in [0.15, 0.2) is 18.3 Å². The summed E-state index contributed by atoms with van der Waals surface area (Å²) in [5, 5.41) is 6.94. The lowest BCUT2D eigenvalue weighted by atomic mass is 9.77. The third-order valence-electron chi connectivity index (χ3n) is 4.00. The zero-order valence-electron chi connectivity index (χ0n) is 12.4. The molecule has 110 valence electrons. The molecule has 5 heteroatoms. The number of nitrogens with zero attached hydrogens (tertiary/aromatic N) is 1. The van der Waals surface area contributed by atoms with Crippen LogP contribution in [0.2, 0.25) is 0 Å². The topological polar surface area (TPSA) is 63.2 Å². The Labute approximate surface area is 120 Å². The molecule has 0 aliphatic carbocycles. The summed E-state index contributed by atoms with van der Waals surface area (Å²) in [6, 6.07) is 4.01. The highest BCUT2D eigenvalue weighted by Crippen LogP contribution is 2.30. The Hall–Kier alpha value is -1.62. The molecule has 1 fully saturated rings. The van der Waals surface area contributed by atoms with Gasteiger partial charge in [0, 0.05) is 24.5 Å². The Morgan fingerprint density at radius 2 is 2.40 bits per heavy atom. The monoisotopic (exact) mass is 277 g/mol. The summed E-state index contributed by atoms with van der Waals surface area (Å²) < 4.78 is 4.68. The van der Waals surface area contributed by atoms with Gasteiger partial charge in [0.25, 0.3) is 0 Å².